The van der Waals surface area contributed by atoms with E-state index >= 15 is 0 Å². The minimum absolute atomic E-state index is 0.709. The number of nitrogens with zero attached hydrogens (tertiary/aromatic N) is 1. The summed E-state index contributed by atoms with van der Waals surface area (Å²) in [5.41, 5.74) is 2.78. The molecular weight excluding hydrogens is 310 g/mol. The molecule has 1 heterocycles. The number of para-hydroxylation sites is 1. The lowest BCUT2D eigenvalue weighted by atomic mass is 10.1. The van der Waals surface area contributed by atoms with Gasteiger partial charge in [-0.25, -0.2) is 4.98 Å². The standard InChI is InChI=1S/C15H9BrClN/c16-12-9-10-5-1-4-8-14(10)18-15(12)11-6-2-3-7-13(11)17/h1-9H. The molecule has 0 radical (unpaired) electrons. The molecule has 0 saturated carbocycles. The van der Waals surface area contributed by atoms with E-state index in [1.807, 2.05) is 48.5 Å². The van der Waals surface area contributed by atoms with E-state index < -0.39 is 0 Å². The zero-order valence-electron chi connectivity index (χ0n) is 9.40. The Morgan fingerprint density at radius 3 is 2.50 bits per heavy atom. The largest absolute Gasteiger partial charge is 0.247 e. The molecule has 0 atom stereocenters. The van der Waals surface area contributed by atoms with Crippen molar-refractivity contribution in [2.75, 3.05) is 0 Å². The lowest BCUT2D eigenvalue weighted by Crippen LogP contribution is -1.88. The molecule has 0 aliphatic heterocycles. The molecule has 3 heteroatoms. The van der Waals surface area contributed by atoms with Gasteiger partial charge in [-0.1, -0.05) is 48.0 Å². The quantitative estimate of drug-likeness (QED) is 0.592. The molecule has 2 aromatic carbocycles. The molecule has 0 fully saturated rings. The Morgan fingerprint density at radius 2 is 1.67 bits per heavy atom. The van der Waals surface area contributed by atoms with Crippen molar-refractivity contribution in [1.82, 2.24) is 4.98 Å². The SMILES string of the molecule is Clc1ccccc1-c1nc2ccccc2cc1Br. The predicted molar refractivity (Wildman–Crippen MR) is 79.9 cm³/mol. The molecule has 0 bridgehead atoms. The Morgan fingerprint density at radius 1 is 0.944 bits per heavy atom. The van der Waals surface area contributed by atoms with Gasteiger partial charge in [0, 0.05) is 20.4 Å². The van der Waals surface area contributed by atoms with Gasteiger partial charge in [0.2, 0.25) is 0 Å². The topological polar surface area (TPSA) is 12.9 Å². The molecule has 1 nitrogen and oxygen atoms in total. The lowest BCUT2D eigenvalue weighted by molar-refractivity contribution is 1.38. The first-order valence-electron chi connectivity index (χ1n) is 5.56. The molecule has 0 saturated heterocycles. The number of halogens is 2. The molecule has 0 aliphatic carbocycles. The van der Waals surface area contributed by atoms with Gasteiger partial charge in [-0.3, -0.25) is 0 Å². The molecule has 3 rings (SSSR count). The smallest absolute Gasteiger partial charge is 0.0866 e. The molecule has 0 N–H and O–H groups in total. The summed E-state index contributed by atoms with van der Waals surface area (Å²) in [6.07, 6.45) is 0. The first-order valence-corrected chi connectivity index (χ1v) is 6.73. The van der Waals surface area contributed by atoms with Gasteiger partial charge < -0.3 is 0 Å². The van der Waals surface area contributed by atoms with E-state index in [4.69, 9.17) is 11.6 Å². The van der Waals surface area contributed by atoms with E-state index in [9.17, 15) is 0 Å². The van der Waals surface area contributed by atoms with Crippen LogP contribution < -0.4 is 0 Å². The van der Waals surface area contributed by atoms with Crippen LogP contribution in [0.4, 0.5) is 0 Å². The minimum atomic E-state index is 0.709. The van der Waals surface area contributed by atoms with Crippen molar-refractivity contribution in [2.45, 2.75) is 0 Å². The maximum absolute atomic E-state index is 6.22. The van der Waals surface area contributed by atoms with Crippen molar-refractivity contribution < 1.29 is 0 Å². The third kappa shape index (κ3) is 2.02. The van der Waals surface area contributed by atoms with Gasteiger partial charge in [-0.2, -0.15) is 0 Å². The van der Waals surface area contributed by atoms with E-state index in [0.29, 0.717) is 5.02 Å². The zero-order valence-corrected chi connectivity index (χ0v) is 11.7. The second kappa shape index (κ2) is 4.71. The number of benzene rings is 2. The number of hydrogen-bond donors (Lipinski definition) is 0. The highest BCUT2D eigenvalue weighted by atomic mass is 79.9. The third-order valence-electron chi connectivity index (χ3n) is 2.81. The van der Waals surface area contributed by atoms with Crippen LogP contribution in [-0.4, -0.2) is 4.98 Å². The maximum Gasteiger partial charge on any atom is 0.0866 e. The molecule has 0 unspecified atom stereocenters. The summed E-state index contributed by atoms with van der Waals surface area (Å²) >= 11 is 9.79. The molecule has 0 spiro atoms. The zero-order chi connectivity index (χ0) is 12.5. The number of hydrogen-bond acceptors (Lipinski definition) is 1. The first-order chi connectivity index (χ1) is 8.75. The van der Waals surface area contributed by atoms with Crippen LogP contribution in [-0.2, 0) is 0 Å². The van der Waals surface area contributed by atoms with Crippen LogP contribution >= 0.6 is 27.5 Å². The second-order valence-electron chi connectivity index (χ2n) is 3.99. The van der Waals surface area contributed by atoms with E-state index in [1.165, 1.54) is 0 Å². The summed E-state index contributed by atoms with van der Waals surface area (Å²) in [6.45, 7) is 0. The number of rotatable bonds is 1. The molecular formula is C15H9BrClN. The summed E-state index contributed by atoms with van der Waals surface area (Å²) < 4.78 is 0.953. The third-order valence-corrected chi connectivity index (χ3v) is 3.74. The Labute approximate surface area is 119 Å². The molecule has 88 valence electrons. The van der Waals surface area contributed by atoms with Crippen LogP contribution in [0.25, 0.3) is 22.2 Å². The number of fused-ring (bicyclic) bond motifs is 1. The molecule has 1 aromatic heterocycles. The fourth-order valence-corrected chi connectivity index (χ4v) is 2.71. The van der Waals surface area contributed by atoms with Gasteiger partial charge >= 0.3 is 0 Å². The maximum atomic E-state index is 6.22. The summed E-state index contributed by atoms with van der Waals surface area (Å²) in [7, 11) is 0. The normalized spacial score (nSPS) is 10.8. The lowest BCUT2D eigenvalue weighted by Gasteiger charge is -2.07. The first kappa shape index (κ1) is 11.7. The fourth-order valence-electron chi connectivity index (χ4n) is 1.93. The van der Waals surface area contributed by atoms with Crippen LogP contribution in [0.15, 0.2) is 59.1 Å². The molecule has 0 amide bonds. The minimum Gasteiger partial charge on any atom is -0.247 e. The summed E-state index contributed by atoms with van der Waals surface area (Å²) in [5, 5.41) is 1.82. The average Bonchev–Trinajstić information content (AvgIpc) is 2.39. The highest BCUT2D eigenvalue weighted by molar-refractivity contribution is 9.10. The van der Waals surface area contributed by atoms with Gasteiger partial charge in [0.05, 0.1) is 11.2 Å². The van der Waals surface area contributed by atoms with Crippen LogP contribution in [0.2, 0.25) is 5.02 Å². The van der Waals surface area contributed by atoms with Crippen molar-refractivity contribution in [3.05, 3.63) is 64.1 Å². The summed E-state index contributed by atoms with van der Waals surface area (Å²) in [5.74, 6) is 0. The Hall–Kier alpha value is -1.38. The summed E-state index contributed by atoms with van der Waals surface area (Å²) in [6, 6.07) is 17.8. The Balaban J connectivity index is 2.30. The number of aromatic nitrogens is 1. The van der Waals surface area contributed by atoms with Crippen LogP contribution in [0, 0.1) is 0 Å². The highest BCUT2D eigenvalue weighted by Gasteiger charge is 2.09. The molecule has 3 aromatic rings. The molecule has 18 heavy (non-hydrogen) atoms. The van der Waals surface area contributed by atoms with E-state index in [1.54, 1.807) is 0 Å². The van der Waals surface area contributed by atoms with Gasteiger partial charge in [-0.05, 0) is 34.1 Å². The van der Waals surface area contributed by atoms with Gasteiger partial charge in [-0.15, -0.1) is 0 Å². The van der Waals surface area contributed by atoms with Crippen LogP contribution in [0.3, 0.4) is 0 Å². The monoisotopic (exact) mass is 317 g/mol. The average molecular weight is 319 g/mol. The van der Waals surface area contributed by atoms with Gasteiger partial charge in [0.25, 0.3) is 0 Å². The van der Waals surface area contributed by atoms with E-state index in [-0.39, 0.29) is 0 Å². The van der Waals surface area contributed by atoms with E-state index in [2.05, 4.69) is 27.0 Å². The van der Waals surface area contributed by atoms with Crippen molar-refractivity contribution in [3.8, 4) is 11.3 Å². The highest BCUT2D eigenvalue weighted by Crippen LogP contribution is 2.33. The fraction of sp³-hybridized carbons (Fsp3) is 0. The van der Waals surface area contributed by atoms with Crippen molar-refractivity contribution in [1.29, 1.82) is 0 Å². The Bertz CT molecular complexity index is 725. The summed E-state index contributed by atoms with van der Waals surface area (Å²) in [4.78, 5) is 4.67. The van der Waals surface area contributed by atoms with Crippen LogP contribution in [0.1, 0.15) is 0 Å². The predicted octanol–water partition coefficient (Wildman–Crippen LogP) is 5.32. The van der Waals surface area contributed by atoms with Crippen LogP contribution in [0.5, 0.6) is 0 Å². The van der Waals surface area contributed by atoms with Crippen molar-refractivity contribution in [3.63, 3.8) is 0 Å². The van der Waals surface area contributed by atoms with Gasteiger partial charge in [0.15, 0.2) is 0 Å². The van der Waals surface area contributed by atoms with Crippen molar-refractivity contribution >= 4 is 38.4 Å². The number of pyridine rings is 1. The van der Waals surface area contributed by atoms with Gasteiger partial charge in [0.1, 0.15) is 0 Å². The Kier molecular flexibility index (Phi) is 3.06. The van der Waals surface area contributed by atoms with E-state index in [0.717, 1.165) is 26.6 Å². The molecule has 0 aliphatic rings. The van der Waals surface area contributed by atoms with Crippen molar-refractivity contribution in [2.24, 2.45) is 0 Å². The second-order valence-corrected chi connectivity index (χ2v) is 5.25.